The van der Waals surface area contributed by atoms with Crippen LogP contribution in [0.15, 0.2) is 95.1 Å². The van der Waals surface area contributed by atoms with Gasteiger partial charge in [0.25, 0.3) is 17.7 Å². The number of hydrogen-bond donors (Lipinski definition) is 8. The number of esters is 1. The van der Waals surface area contributed by atoms with Gasteiger partial charge in [-0.3, -0.25) is 19.2 Å². The van der Waals surface area contributed by atoms with Crippen LogP contribution in [-0.2, 0) is 108 Å². The quantitative estimate of drug-likeness (QED) is 0.00961. The zero-order chi connectivity index (χ0) is 92.5. The molecule has 1 saturated carbocycles. The molecule has 2 saturated heterocycles. The van der Waals surface area contributed by atoms with E-state index in [-0.39, 0.29) is 101 Å². The molecule has 2 bridgehead atoms. The Kier molecular flexibility index (Phi) is 44.9. The smallest absolute Gasteiger partial charge is 0.407 e. The molecule has 4 aliphatic rings. The van der Waals surface area contributed by atoms with Crippen molar-refractivity contribution in [1.29, 1.82) is 0 Å². The standard InChI is InChI=1S/C91H136N12O26/c1-59-14-10-9-11-15-60(2)76(114-7)51-68-20-17-64(6)91(113,129-68)85(109)87(110)102-25-13-12-16-72(102)88(111)126-77(52-73(104)61(3)47-63(5)83(107)84(108)82(106)62(4)46-59)70(92)48-65-18-21-75(78(49-65)115-8)128-90(112)95-24-27-117-29-31-119-33-35-121-37-39-123-41-43-125-45-44-124-42-40-122-38-36-120-34-32-118-30-28-116-26-23-80(105)98-56-79-96-53-66(54-97-79)57-103-86-69(55-94-58-99-86)81(101-103)67-19-22-74-71(50-67)100-89(93)127-74/h9-11,14-15,19,22,47,50,53-55,58-59,61-62,64-65,68,70,72-73,75-78,83-84,104,107-108,113H,12-13,16-18,20-21,23-46,48-49,51-52,56-57,92H2,1-8H3,(H2,93,100)(H,95,112)(H,98,105)/b11-9?,14-10+,60-15?,63-47+/t59-,61-,62-,64-,65+,68+,70-,72+,73-,75-,76+,77+,78-,83-,84+,91-/m1/s1. The summed E-state index contributed by atoms with van der Waals surface area (Å²) in [5.41, 5.74) is 18.0. The number of allylic oxidation sites excluding steroid dienone is 5. The van der Waals surface area contributed by atoms with Crippen LogP contribution in [0.5, 0.6) is 0 Å². The number of oxazole rings is 1. The van der Waals surface area contributed by atoms with Crippen molar-refractivity contribution in [1.82, 2.24) is 50.2 Å². The van der Waals surface area contributed by atoms with E-state index in [1.807, 2.05) is 56.4 Å². The molecule has 0 spiro atoms. The second-order valence-corrected chi connectivity index (χ2v) is 33.2. The second-order valence-electron chi connectivity index (χ2n) is 33.2. The fourth-order valence-electron chi connectivity index (χ4n) is 15.9. The number of fused-ring (bicyclic) bond motifs is 5. The van der Waals surface area contributed by atoms with E-state index in [9.17, 15) is 49.2 Å². The van der Waals surface area contributed by atoms with Gasteiger partial charge in [-0.05, 0) is 119 Å². The number of nitrogens with one attached hydrogen (secondary N) is 2. The first kappa shape index (κ1) is 104. The maximum Gasteiger partial charge on any atom is 0.407 e. The first-order valence-corrected chi connectivity index (χ1v) is 45.0. The lowest BCUT2D eigenvalue weighted by Gasteiger charge is -2.42. The first-order chi connectivity index (χ1) is 62.3. The number of nitrogens with zero attached hydrogens (tertiary/aromatic N) is 8. The van der Waals surface area contributed by atoms with E-state index in [1.165, 1.54) is 13.4 Å². The highest BCUT2D eigenvalue weighted by molar-refractivity contribution is 6.39. The van der Waals surface area contributed by atoms with E-state index >= 15 is 0 Å². The summed E-state index contributed by atoms with van der Waals surface area (Å²) in [6, 6.07) is 3.46. The average molecular weight is 1810 g/mol. The SMILES string of the molecule is CO[C@H]1C[C@@H]2CC[C@@H](C)[C@@](O)(O2)C(=O)C(=O)N2CCCC[C@H]2C(=O)O[C@H]([C@H](N)C[C@@H]2CC[C@@H](OC(=O)NCCOCCOCCOCCOCCOCCOCCOCCOCCOCCOCCC(=O)NCc3ncc(Cn4nc(-c5ccc6oc(N)nc6c5)c5cncnc54)cn3)[C@H](OC)C2)C[C@@H](O)[C@H](C)/C=C(\C)[C@@H](O)[C@@H](O)C(=O)[C@H](C)C[C@H](C)/C=C/C=CC=C1C. The highest BCUT2D eigenvalue weighted by atomic mass is 16.6. The van der Waals surface area contributed by atoms with Crippen LogP contribution in [0, 0.1) is 29.6 Å². The maximum atomic E-state index is 14.7. The summed E-state index contributed by atoms with van der Waals surface area (Å²) in [7, 11) is 3.07. The summed E-state index contributed by atoms with van der Waals surface area (Å²) in [4.78, 5) is 106. The van der Waals surface area contributed by atoms with Gasteiger partial charge < -0.3 is 123 Å². The second kappa shape index (κ2) is 55.7. The number of ketones is 2. The van der Waals surface area contributed by atoms with Gasteiger partial charge in [-0.2, -0.15) is 10.1 Å². The van der Waals surface area contributed by atoms with Crippen LogP contribution < -0.4 is 22.1 Å². The number of amides is 3. The number of benzene rings is 1. The first-order valence-electron chi connectivity index (χ1n) is 45.0. The van der Waals surface area contributed by atoms with Gasteiger partial charge in [0, 0.05) is 100 Å². The fraction of sp³-hybridized carbons (Fsp3) is 0.670. The molecule has 9 rings (SSSR count). The third kappa shape index (κ3) is 33.9. The Morgan fingerprint density at radius 1 is 0.674 bits per heavy atom. The van der Waals surface area contributed by atoms with Gasteiger partial charge in [-0.25, -0.2) is 34.2 Å². The molecule has 3 aliphatic heterocycles. The summed E-state index contributed by atoms with van der Waals surface area (Å²) in [6.07, 6.45) is 13.0. The predicted molar refractivity (Wildman–Crippen MR) is 471 cm³/mol. The lowest BCUT2D eigenvalue weighted by atomic mass is 9.80. The van der Waals surface area contributed by atoms with Crippen LogP contribution in [0.25, 0.3) is 33.4 Å². The molecule has 0 radical (unpaired) electrons. The fourth-order valence-corrected chi connectivity index (χ4v) is 15.9. The van der Waals surface area contributed by atoms with E-state index in [4.69, 9.17) is 92.0 Å². The van der Waals surface area contributed by atoms with Crippen molar-refractivity contribution in [3.8, 4) is 11.3 Å². The number of aromatic nitrogens is 7. The third-order valence-electron chi connectivity index (χ3n) is 23.4. The minimum Gasteiger partial charge on any atom is -0.459 e. The number of piperidine rings is 1. The Morgan fingerprint density at radius 3 is 1.93 bits per heavy atom. The Balaban J connectivity index is 0.560. The summed E-state index contributed by atoms with van der Waals surface area (Å²) in [6.45, 7) is 18.4. The van der Waals surface area contributed by atoms with Gasteiger partial charge in [0.05, 0.1) is 175 Å². The summed E-state index contributed by atoms with van der Waals surface area (Å²) < 4.78 is 93.1. The van der Waals surface area contributed by atoms with E-state index in [1.54, 1.807) is 70.2 Å². The van der Waals surface area contributed by atoms with Gasteiger partial charge in [0.2, 0.25) is 11.7 Å². The van der Waals surface area contributed by atoms with Crippen molar-refractivity contribution in [2.75, 3.05) is 165 Å². The molecule has 5 aromatic rings. The highest BCUT2D eigenvalue weighted by Gasteiger charge is 2.53. The van der Waals surface area contributed by atoms with E-state index in [0.29, 0.717) is 198 Å². The number of nitrogen functional groups attached to an aromatic ring is 1. The number of Topliss-reactive ketones (excluding diaryl/α,β-unsaturated/α-hetero) is 2. The summed E-state index contributed by atoms with van der Waals surface area (Å²) in [5, 5.41) is 57.7. The minimum absolute atomic E-state index is 0.0145. The molecule has 3 amide bonds. The van der Waals surface area contributed by atoms with Crippen molar-refractivity contribution < 1.29 is 125 Å². The number of ether oxygens (including phenoxy) is 15. The monoisotopic (exact) mass is 1810 g/mol. The number of anilines is 1. The lowest BCUT2D eigenvalue weighted by molar-refractivity contribution is -0.265. The van der Waals surface area contributed by atoms with Crippen LogP contribution >= 0.6 is 0 Å². The number of hydrogen-bond acceptors (Lipinski definition) is 34. The molecule has 7 heterocycles. The van der Waals surface area contributed by atoms with Crippen molar-refractivity contribution >= 4 is 63.6 Å². The van der Waals surface area contributed by atoms with Gasteiger partial charge in [0.15, 0.2) is 17.0 Å². The average Bonchev–Trinajstić information content (AvgIpc) is 1.61. The van der Waals surface area contributed by atoms with E-state index < -0.39 is 114 Å². The number of aliphatic hydroxyl groups excluding tert-OH is 3. The third-order valence-corrected chi connectivity index (χ3v) is 23.4. The number of nitrogens with two attached hydrogens (primary N) is 2. The Hall–Kier alpha value is -8.62. The van der Waals surface area contributed by atoms with E-state index in [2.05, 4.69) is 35.6 Å². The summed E-state index contributed by atoms with van der Waals surface area (Å²) in [5.74, 6) is -8.23. The lowest BCUT2D eigenvalue weighted by Crippen LogP contribution is -2.61. The highest BCUT2D eigenvalue weighted by Crippen LogP contribution is 2.39. The largest absolute Gasteiger partial charge is 0.459 e. The Labute approximate surface area is 753 Å². The minimum atomic E-state index is -2.50. The molecule has 10 N–H and O–H groups in total. The van der Waals surface area contributed by atoms with Crippen molar-refractivity contribution in [2.24, 2.45) is 35.3 Å². The number of cyclic esters (lactones) is 1. The normalized spacial score (nSPS) is 26.1. The molecule has 1 aliphatic carbocycles. The summed E-state index contributed by atoms with van der Waals surface area (Å²) >= 11 is 0. The number of alkyl carbamates (subject to hydrolysis) is 1. The molecule has 3 fully saturated rings. The number of methoxy groups -OCH3 is 2. The van der Waals surface area contributed by atoms with Gasteiger partial charge >= 0.3 is 12.1 Å². The van der Waals surface area contributed by atoms with Crippen LogP contribution in [-0.4, -0.2) is 322 Å². The zero-order valence-electron chi connectivity index (χ0n) is 75.8. The maximum absolute atomic E-state index is 14.7. The van der Waals surface area contributed by atoms with Crippen molar-refractivity contribution in [2.45, 2.75) is 205 Å². The molecule has 38 nitrogen and oxygen atoms in total. The van der Waals surface area contributed by atoms with Gasteiger partial charge in [0.1, 0.15) is 53.8 Å². The Bertz CT molecular complexity index is 4360. The topological polar surface area (TPSA) is 497 Å². The molecule has 38 heteroatoms. The molecule has 4 aromatic heterocycles. The molecule has 1 aromatic carbocycles. The molecular formula is C91H136N12O26. The van der Waals surface area contributed by atoms with Gasteiger partial charge in [-0.1, -0.05) is 64.2 Å². The van der Waals surface area contributed by atoms with Crippen LogP contribution in [0.2, 0.25) is 0 Å². The molecule has 16 atom stereocenters. The van der Waals surface area contributed by atoms with Crippen LogP contribution in [0.4, 0.5) is 10.8 Å². The zero-order valence-corrected chi connectivity index (χ0v) is 75.8. The number of rotatable bonds is 44. The van der Waals surface area contributed by atoms with Crippen molar-refractivity contribution in [3.63, 3.8) is 0 Å². The number of aliphatic hydroxyl groups is 4. The van der Waals surface area contributed by atoms with E-state index in [0.717, 1.165) is 27.0 Å². The molecular weight excluding hydrogens is 1680 g/mol. The van der Waals surface area contributed by atoms with Crippen LogP contribution in [0.3, 0.4) is 0 Å². The number of carbonyl (C=O) groups excluding carboxylic acids is 6. The Morgan fingerprint density at radius 2 is 1.30 bits per heavy atom. The van der Waals surface area contributed by atoms with Gasteiger partial charge in [-0.15, -0.1) is 0 Å². The predicted octanol–water partition coefficient (Wildman–Crippen LogP) is 5.98. The molecule has 0 unspecified atom stereocenters. The van der Waals surface area contributed by atoms with Crippen LogP contribution in [0.1, 0.15) is 136 Å². The van der Waals surface area contributed by atoms with Crippen molar-refractivity contribution in [3.05, 3.63) is 102 Å². The number of carbonyl (C=O) groups is 6. The molecule has 129 heavy (non-hydrogen) atoms. The molecule has 716 valence electrons.